The van der Waals surface area contributed by atoms with Crippen LogP contribution in [-0.2, 0) is 9.59 Å². The van der Waals surface area contributed by atoms with Crippen LogP contribution in [0.15, 0.2) is 47.2 Å². The topological polar surface area (TPSA) is 104 Å². The number of hydrogen-bond acceptors (Lipinski definition) is 6. The second kappa shape index (κ2) is 11.2. The summed E-state index contributed by atoms with van der Waals surface area (Å²) in [5.41, 5.74) is 3.50. The number of ether oxygens (including phenoxy) is 1. The largest absolute Gasteiger partial charge is 0.494 e. The molecule has 3 rings (SSSR count). The molecule has 33 heavy (non-hydrogen) atoms. The van der Waals surface area contributed by atoms with E-state index in [-0.39, 0.29) is 28.9 Å². The number of anilines is 1. The van der Waals surface area contributed by atoms with Crippen LogP contribution in [0.3, 0.4) is 0 Å². The number of hydrogen-bond donors (Lipinski definition) is 2. The Balaban J connectivity index is 1.70. The average molecular weight is 534 g/mol. The molecule has 1 unspecified atom stereocenters. The number of nitrogens with one attached hydrogen (secondary N) is 2. The van der Waals surface area contributed by atoms with E-state index in [1.807, 2.05) is 6.92 Å². The van der Waals surface area contributed by atoms with Crippen molar-refractivity contribution < 1.29 is 19.1 Å². The van der Waals surface area contributed by atoms with Crippen LogP contribution >= 0.6 is 28.1 Å². The van der Waals surface area contributed by atoms with Crippen LogP contribution in [0, 0.1) is 0 Å². The van der Waals surface area contributed by atoms with E-state index < -0.39 is 11.9 Å². The van der Waals surface area contributed by atoms with Gasteiger partial charge in [-0.25, -0.2) is 5.01 Å². The van der Waals surface area contributed by atoms with Gasteiger partial charge in [-0.1, -0.05) is 6.92 Å². The summed E-state index contributed by atoms with van der Waals surface area (Å²) in [6.07, 6.45) is 3.65. The third-order valence-corrected chi connectivity index (χ3v) is 5.65. The van der Waals surface area contributed by atoms with Crippen LogP contribution in [0.5, 0.6) is 5.75 Å². The van der Waals surface area contributed by atoms with Crippen LogP contribution < -0.4 is 15.5 Å². The molecule has 2 aromatic rings. The Hall–Kier alpha value is -3.05. The van der Waals surface area contributed by atoms with Gasteiger partial charge in [0, 0.05) is 29.1 Å². The predicted octanol–water partition coefficient (Wildman–Crippen LogP) is 3.12. The van der Waals surface area contributed by atoms with E-state index in [1.54, 1.807) is 43.5 Å². The van der Waals surface area contributed by atoms with Crippen LogP contribution in [0.2, 0.25) is 0 Å². The molecule has 1 aromatic heterocycles. The van der Waals surface area contributed by atoms with Crippen molar-refractivity contribution in [2.24, 2.45) is 0 Å². The van der Waals surface area contributed by atoms with Gasteiger partial charge in [0.15, 0.2) is 5.11 Å². The quantitative estimate of drug-likeness (QED) is 0.477. The molecule has 2 heterocycles. The van der Waals surface area contributed by atoms with Crippen molar-refractivity contribution in [2.45, 2.75) is 32.7 Å². The number of aromatic nitrogens is 1. The van der Waals surface area contributed by atoms with Gasteiger partial charge in [-0.15, -0.1) is 0 Å². The first-order valence-electron chi connectivity index (χ1n) is 10.4. The maximum absolute atomic E-state index is 12.9. The van der Waals surface area contributed by atoms with Gasteiger partial charge in [0.2, 0.25) is 5.91 Å². The zero-order valence-corrected chi connectivity index (χ0v) is 20.6. The molecule has 3 amide bonds. The first-order chi connectivity index (χ1) is 15.8. The highest BCUT2D eigenvalue weighted by atomic mass is 79.9. The fourth-order valence-electron chi connectivity index (χ4n) is 3.20. The highest BCUT2D eigenvalue weighted by Crippen LogP contribution is 2.21. The van der Waals surface area contributed by atoms with Crippen LogP contribution in [0.4, 0.5) is 5.69 Å². The summed E-state index contributed by atoms with van der Waals surface area (Å²) < 4.78 is 6.17. The molecule has 0 aliphatic carbocycles. The normalized spacial score (nSPS) is 15.5. The predicted molar refractivity (Wildman–Crippen MR) is 130 cm³/mol. The van der Waals surface area contributed by atoms with Crippen molar-refractivity contribution in [1.29, 1.82) is 0 Å². The summed E-state index contributed by atoms with van der Waals surface area (Å²) in [6, 6.07) is 7.60. The molecular formula is C22H24BrN5O4S. The monoisotopic (exact) mass is 533 g/mol. The Morgan fingerprint density at radius 1 is 1.21 bits per heavy atom. The van der Waals surface area contributed by atoms with E-state index in [9.17, 15) is 14.4 Å². The molecule has 1 aliphatic rings. The Labute approximate surface area is 205 Å². The van der Waals surface area contributed by atoms with Gasteiger partial charge in [0.05, 0.1) is 18.6 Å². The molecule has 0 radical (unpaired) electrons. The third-order valence-electron chi connectivity index (χ3n) is 4.79. The van der Waals surface area contributed by atoms with Crippen molar-refractivity contribution in [2.75, 3.05) is 18.5 Å². The summed E-state index contributed by atoms with van der Waals surface area (Å²) in [4.78, 5) is 43.6. The van der Waals surface area contributed by atoms with Gasteiger partial charge in [-0.05, 0) is 71.8 Å². The molecule has 1 aliphatic heterocycles. The molecular weight excluding hydrogens is 510 g/mol. The van der Waals surface area contributed by atoms with Crippen molar-refractivity contribution in [3.63, 3.8) is 0 Å². The number of carbonyl (C=O) groups is 3. The van der Waals surface area contributed by atoms with Crippen LogP contribution in [0.25, 0.3) is 0 Å². The Bertz CT molecular complexity index is 1050. The summed E-state index contributed by atoms with van der Waals surface area (Å²) in [5, 5.41) is 4.17. The smallest absolute Gasteiger partial charge is 0.271 e. The van der Waals surface area contributed by atoms with E-state index in [1.165, 1.54) is 16.1 Å². The van der Waals surface area contributed by atoms with Crippen molar-refractivity contribution in [3.8, 4) is 5.75 Å². The molecule has 11 heteroatoms. The zero-order chi connectivity index (χ0) is 24.0. The molecule has 1 fully saturated rings. The molecule has 9 nitrogen and oxygen atoms in total. The second-order valence-electron chi connectivity index (χ2n) is 7.21. The van der Waals surface area contributed by atoms with Crippen molar-refractivity contribution >= 4 is 56.7 Å². The van der Waals surface area contributed by atoms with Gasteiger partial charge in [0.1, 0.15) is 11.8 Å². The number of nitrogens with zero attached hydrogens (tertiary/aromatic N) is 3. The molecule has 174 valence electrons. The molecule has 1 saturated heterocycles. The lowest BCUT2D eigenvalue weighted by Gasteiger charge is -2.24. The van der Waals surface area contributed by atoms with Gasteiger partial charge < -0.3 is 10.1 Å². The van der Waals surface area contributed by atoms with Crippen LogP contribution in [0.1, 0.15) is 37.0 Å². The summed E-state index contributed by atoms with van der Waals surface area (Å²) >= 11 is 8.66. The van der Waals surface area contributed by atoms with E-state index in [4.69, 9.17) is 17.0 Å². The number of benzene rings is 1. The fraction of sp³-hybridized carbons (Fsp3) is 0.318. The summed E-state index contributed by atoms with van der Waals surface area (Å²) in [7, 11) is 0. The van der Waals surface area contributed by atoms with Gasteiger partial charge in [-0.3, -0.25) is 29.7 Å². The van der Waals surface area contributed by atoms with E-state index in [2.05, 4.69) is 31.7 Å². The third kappa shape index (κ3) is 6.05. The van der Waals surface area contributed by atoms with Crippen molar-refractivity contribution in [3.05, 3.63) is 52.8 Å². The van der Waals surface area contributed by atoms with E-state index in [0.717, 1.165) is 6.42 Å². The first kappa shape index (κ1) is 24.6. The zero-order valence-electron chi connectivity index (χ0n) is 18.2. The minimum atomic E-state index is -0.964. The average Bonchev–Trinajstić information content (AvgIpc) is 3.01. The number of likely N-dealkylation sites (N-methyl/N-ethyl adjacent to an activating group) is 1. The maximum Gasteiger partial charge on any atom is 0.271 e. The molecule has 1 atom stereocenters. The van der Waals surface area contributed by atoms with Gasteiger partial charge in [-0.2, -0.15) is 0 Å². The molecule has 0 spiro atoms. The maximum atomic E-state index is 12.9. The number of thiocarbonyl (C=S) groups is 1. The van der Waals surface area contributed by atoms with E-state index in [0.29, 0.717) is 29.1 Å². The van der Waals surface area contributed by atoms with E-state index >= 15 is 0 Å². The number of hydrazine groups is 1. The first-order valence-corrected chi connectivity index (χ1v) is 11.6. The molecule has 2 N–H and O–H groups in total. The van der Waals surface area contributed by atoms with Gasteiger partial charge >= 0.3 is 0 Å². The van der Waals surface area contributed by atoms with Crippen LogP contribution in [-0.4, -0.2) is 56.9 Å². The number of amides is 3. The second-order valence-corrected chi connectivity index (χ2v) is 8.49. The lowest BCUT2D eigenvalue weighted by molar-refractivity contribution is -0.130. The SMILES string of the molecule is CCCOc1ccc(NC(=O)CC2C(=O)N(CC)C(=S)N2NC(=O)c2cncc(Br)c2)cc1. The molecule has 0 bridgehead atoms. The van der Waals surface area contributed by atoms with Crippen molar-refractivity contribution in [1.82, 2.24) is 20.3 Å². The Morgan fingerprint density at radius 2 is 1.94 bits per heavy atom. The number of carbonyl (C=O) groups excluding carboxylic acids is 3. The minimum Gasteiger partial charge on any atom is -0.494 e. The summed E-state index contributed by atoms with van der Waals surface area (Å²) in [6.45, 7) is 4.72. The Morgan fingerprint density at radius 3 is 2.58 bits per heavy atom. The lowest BCUT2D eigenvalue weighted by Crippen LogP contribution is -2.49. The Kier molecular flexibility index (Phi) is 8.34. The highest BCUT2D eigenvalue weighted by Gasteiger charge is 2.43. The number of rotatable bonds is 9. The number of halogens is 1. The highest BCUT2D eigenvalue weighted by molar-refractivity contribution is 9.10. The summed E-state index contributed by atoms with van der Waals surface area (Å²) in [5.74, 6) is -0.529. The molecule has 0 saturated carbocycles. The molecule has 1 aromatic carbocycles. The minimum absolute atomic E-state index is 0.133. The lowest BCUT2D eigenvalue weighted by atomic mass is 10.2. The van der Waals surface area contributed by atoms with Gasteiger partial charge in [0.25, 0.3) is 11.8 Å². The fourth-order valence-corrected chi connectivity index (χ4v) is 3.95. The number of pyridine rings is 1. The standard InChI is InChI=1S/C22H24BrN5O4S/c1-3-9-32-17-7-5-16(6-8-17)25-19(29)11-18-21(31)27(4-2)22(33)28(18)26-20(30)14-10-15(23)13-24-12-14/h5-8,10,12-13,18H,3-4,9,11H2,1-2H3,(H,25,29)(H,26,30).